The van der Waals surface area contributed by atoms with Gasteiger partial charge in [0.2, 0.25) is 0 Å². The van der Waals surface area contributed by atoms with E-state index in [1.165, 1.54) is 0 Å². The molecule has 0 aliphatic heterocycles. The summed E-state index contributed by atoms with van der Waals surface area (Å²) in [7, 11) is -1.27. The highest BCUT2D eigenvalue weighted by molar-refractivity contribution is 7.60. The van der Waals surface area contributed by atoms with Gasteiger partial charge in [-0.05, 0) is 12.1 Å². The molecule has 0 bridgehead atoms. The predicted molar refractivity (Wildman–Crippen MR) is 72.1 cm³/mol. The molecular weight excluding hydrogens is 231 g/mol. The van der Waals surface area contributed by atoms with E-state index in [9.17, 15) is 4.89 Å². The van der Waals surface area contributed by atoms with E-state index in [-0.39, 0.29) is 5.16 Å². The highest BCUT2D eigenvalue weighted by Crippen LogP contribution is 2.43. The summed E-state index contributed by atoms with van der Waals surface area (Å²) >= 11 is 0. The van der Waals surface area contributed by atoms with E-state index in [1.807, 2.05) is 61.9 Å². The van der Waals surface area contributed by atoms with Crippen molar-refractivity contribution in [2.45, 2.75) is 25.9 Å². The molecule has 0 fully saturated rings. The lowest BCUT2D eigenvalue weighted by Gasteiger charge is -2.25. The average Bonchev–Trinajstić information content (AvgIpc) is 2.76. The standard InChI is InChI=1S/C13H17N2OP/c1-13(2,3)17(16)12-14-9-10-15(12)11-7-5-4-6-8-11/h4-10,16H,1-3H3. The van der Waals surface area contributed by atoms with Crippen LogP contribution < -0.4 is 5.57 Å². The Bertz CT molecular complexity index is 488. The van der Waals surface area contributed by atoms with Gasteiger partial charge in [0.05, 0.1) is 0 Å². The topological polar surface area (TPSA) is 38.1 Å². The molecule has 1 N–H and O–H groups in total. The third-order valence-corrected chi connectivity index (χ3v) is 4.46. The molecule has 3 nitrogen and oxygen atoms in total. The molecule has 2 aromatic rings. The predicted octanol–water partition coefficient (Wildman–Crippen LogP) is 2.69. The normalized spacial score (nSPS) is 13.6. The summed E-state index contributed by atoms with van der Waals surface area (Å²) in [4.78, 5) is 14.7. The second-order valence-corrected chi connectivity index (χ2v) is 7.28. The second-order valence-electron chi connectivity index (χ2n) is 4.92. The van der Waals surface area contributed by atoms with Crippen LogP contribution in [0.25, 0.3) is 5.69 Å². The molecule has 2 rings (SSSR count). The zero-order valence-corrected chi connectivity index (χ0v) is 11.2. The molecule has 0 saturated heterocycles. The Labute approximate surface area is 103 Å². The van der Waals surface area contributed by atoms with Crippen molar-refractivity contribution in [3.8, 4) is 5.69 Å². The van der Waals surface area contributed by atoms with Crippen molar-refractivity contribution in [3.05, 3.63) is 42.7 Å². The van der Waals surface area contributed by atoms with Crippen LogP contribution in [0.4, 0.5) is 0 Å². The number of para-hydroxylation sites is 1. The number of hydrogen-bond donors (Lipinski definition) is 1. The fourth-order valence-corrected chi connectivity index (χ4v) is 2.70. The number of aromatic nitrogens is 2. The Morgan fingerprint density at radius 2 is 1.82 bits per heavy atom. The largest absolute Gasteiger partial charge is 0.365 e. The molecule has 90 valence electrons. The molecule has 1 aromatic carbocycles. The molecule has 1 heterocycles. The maximum atomic E-state index is 10.4. The summed E-state index contributed by atoms with van der Waals surface area (Å²) in [6.07, 6.45) is 3.63. The van der Waals surface area contributed by atoms with Gasteiger partial charge < -0.3 is 4.89 Å². The Hall–Kier alpha value is -1.18. The number of benzene rings is 1. The quantitative estimate of drug-likeness (QED) is 0.830. The molecule has 0 amide bonds. The van der Waals surface area contributed by atoms with Gasteiger partial charge in [-0.3, -0.25) is 4.57 Å². The fraction of sp³-hybridized carbons (Fsp3) is 0.308. The molecule has 0 radical (unpaired) electrons. The summed E-state index contributed by atoms with van der Waals surface area (Å²) < 4.78 is 1.96. The molecule has 0 spiro atoms. The zero-order chi connectivity index (χ0) is 12.5. The first kappa shape index (κ1) is 12.3. The lowest BCUT2D eigenvalue weighted by atomic mass is 10.3. The minimum Gasteiger partial charge on any atom is -0.365 e. The van der Waals surface area contributed by atoms with Crippen LogP contribution in [0.3, 0.4) is 0 Å². The van der Waals surface area contributed by atoms with Gasteiger partial charge in [-0.1, -0.05) is 39.0 Å². The van der Waals surface area contributed by atoms with Crippen LogP contribution in [0.1, 0.15) is 20.8 Å². The van der Waals surface area contributed by atoms with Crippen molar-refractivity contribution in [2.24, 2.45) is 0 Å². The molecule has 0 saturated carbocycles. The van der Waals surface area contributed by atoms with Crippen LogP contribution in [0.15, 0.2) is 42.7 Å². The first-order chi connectivity index (χ1) is 8.00. The number of hydrogen-bond acceptors (Lipinski definition) is 2. The van der Waals surface area contributed by atoms with E-state index in [0.29, 0.717) is 0 Å². The number of rotatable bonds is 2. The molecule has 1 aromatic heterocycles. The molecular formula is C13H17N2OP. The van der Waals surface area contributed by atoms with Gasteiger partial charge in [0.1, 0.15) is 8.15 Å². The first-order valence-electron chi connectivity index (χ1n) is 5.58. The van der Waals surface area contributed by atoms with Crippen LogP contribution in [0.2, 0.25) is 0 Å². The third-order valence-electron chi connectivity index (χ3n) is 2.48. The Kier molecular flexibility index (Phi) is 3.32. The second kappa shape index (κ2) is 4.59. The van der Waals surface area contributed by atoms with E-state index < -0.39 is 8.15 Å². The minimum atomic E-state index is -1.27. The summed E-state index contributed by atoms with van der Waals surface area (Å²) in [6.45, 7) is 6.09. The summed E-state index contributed by atoms with van der Waals surface area (Å²) in [5, 5.41) is -0.160. The summed E-state index contributed by atoms with van der Waals surface area (Å²) in [5.74, 6) is 0. The van der Waals surface area contributed by atoms with Crippen molar-refractivity contribution in [2.75, 3.05) is 0 Å². The molecule has 17 heavy (non-hydrogen) atoms. The van der Waals surface area contributed by atoms with Crippen molar-refractivity contribution in [3.63, 3.8) is 0 Å². The maximum absolute atomic E-state index is 10.4. The maximum Gasteiger partial charge on any atom is 0.164 e. The summed E-state index contributed by atoms with van der Waals surface area (Å²) in [5.41, 5.74) is 1.78. The average molecular weight is 248 g/mol. The SMILES string of the molecule is CC(C)(C)P(O)c1nccn1-c1ccccc1. The number of imidazole rings is 1. The van der Waals surface area contributed by atoms with Crippen LogP contribution >= 0.6 is 8.15 Å². The summed E-state index contributed by atoms with van der Waals surface area (Å²) in [6, 6.07) is 9.96. The molecule has 4 heteroatoms. The van der Waals surface area contributed by atoms with Crippen molar-refractivity contribution in [1.29, 1.82) is 0 Å². The van der Waals surface area contributed by atoms with E-state index >= 15 is 0 Å². The molecule has 1 unspecified atom stereocenters. The lowest BCUT2D eigenvalue weighted by molar-refractivity contribution is 0.585. The van der Waals surface area contributed by atoms with E-state index in [2.05, 4.69) is 4.98 Å². The van der Waals surface area contributed by atoms with Crippen LogP contribution in [0, 0.1) is 0 Å². The van der Waals surface area contributed by atoms with Crippen molar-refractivity contribution < 1.29 is 4.89 Å². The molecule has 0 aliphatic rings. The monoisotopic (exact) mass is 248 g/mol. The van der Waals surface area contributed by atoms with E-state index in [4.69, 9.17) is 0 Å². The fourth-order valence-electron chi connectivity index (χ4n) is 1.54. The van der Waals surface area contributed by atoms with Crippen molar-refractivity contribution >= 4 is 13.7 Å². The Morgan fingerprint density at radius 3 is 2.41 bits per heavy atom. The Balaban J connectivity index is 2.43. The Morgan fingerprint density at radius 1 is 1.18 bits per heavy atom. The van der Waals surface area contributed by atoms with E-state index in [0.717, 1.165) is 11.3 Å². The number of nitrogens with zero attached hydrogens (tertiary/aromatic N) is 2. The van der Waals surface area contributed by atoms with E-state index in [1.54, 1.807) is 6.20 Å². The minimum absolute atomic E-state index is 0.160. The zero-order valence-electron chi connectivity index (χ0n) is 10.3. The van der Waals surface area contributed by atoms with Gasteiger partial charge in [-0.2, -0.15) is 0 Å². The first-order valence-corrected chi connectivity index (χ1v) is 6.87. The van der Waals surface area contributed by atoms with Gasteiger partial charge in [0.15, 0.2) is 5.57 Å². The van der Waals surface area contributed by atoms with Gasteiger partial charge in [0, 0.05) is 23.2 Å². The third kappa shape index (κ3) is 2.56. The highest BCUT2D eigenvalue weighted by atomic mass is 31.1. The van der Waals surface area contributed by atoms with Gasteiger partial charge >= 0.3 is 0 Å². The van der Waals surface area contributed by atoms with Crippen molar-refractivity contribution in [1.82, 2.24) is 9.55 Å². The highest BCUT2D eigenvalue weighted by Gasteiger charge is 2.28. The van der Waals surface area contributed by atoms with Gasteiger partial charge in [-0.15, -0.1) is 0 Å². The van der Waals surface area contributed by atoms with Gasteiger partial charge in [-0.25, -0.2) is 4.98 Å². The van der Waals surface area contributed by atoms with Gasteiger partial charge in [0.25, 0.3) is 0 Å². The molecule has 0 aliphatic carbocycles. The van der Waals surface area contributed by atoms with Crippen LogP contribution in [0.5, 0.6) is 0 Å². The van der Waals surface area contributed by atoms with Crippen LogP contribution in [-0.4, -0.2) is 19.6 Å². The van der Waals surface area contributed by atoms with Crippen LogP contribution in [-0.2, 0) is 0 Å². The smallest absolute Gasteiger partial charge is 0.164 e. The molecule has 1 atom stereocenters. The lowest BCUT2D eigenvalue weighted by Crippen LogP contribution is -2.25.